The van der Waals surface area contributed by atoms with E-state index in [1.807, 2.05) is 30.5 Å². The Hall–Kier alpha value is -0.760. The second-order valence-electron chi connectivity index (χ2n) is 2.63. The van der Waals surface area contributed by atoms with Crippen LogP contribution in [-0.4, -0.2) is 24.7 Å². The zero-order valence-corrected chi connectivity index (χ0v) is 12.2. The molecule has 0 bridgehead atoms. The van der Waals surface area contributed by atoms with Gasteiger partial charge in [-0.2, -0.15) is 5.10 Å². The molecule has 0 unspecified atom stereocenters. The molecule has 0 atom stereocenters. The number of hydrogen-bond acceptors (Lipinski definition) is 4. The van der Waals surface area contributed by atoms with Gasteiger partial charge in [0.2, 0.25) is 0 Å². The minimum atomic E-state index is 0. The van der Waals surface area contributed by atoms with Crippen molar-refractivity contribution in [2.24, 2.45) is 15.9 Å². The highest BCUT2D eigenvalue weighted by Crippen LogP contribution is 2.14. The minimum Gasteiger partial charge on any atom is -0.496 e. The van der Waals surface area contributed by atoms with Crippen LogP contribution in [0.3, 0.4) is 0 Å². The average molecular weight is 351 g/mol. The van der Waals surface area contributed by atoms with Crippen LogP contribution in [0.5, 0.6) is 5.75 Å². The van der Waals surface area contributed by atoms with Gasteiger partial charge in [0.05, 0.1) is 13.3 Å². The molecular formula is C10H14IN3OS. The van der Waals surface area contributed by atoms with Crippen molar-refractivity contribution >= 4 is 47.1 Å². The van der Waals surface area contributed by atoms with E-state index < -0.39 is 0 Å². The normalized spacial score (nSPS) is 11.2. The van der Waals surface area contributed by atoms with E-state index in [-0.39, 0.29) is 24.0 Å². The number of nitrogens with two attached hydrogens (primary N) is 1. The van der Waals surface area contributed by atoms with Gasteiger partial charge in [0.15, 0.2) is 5.17 Å². The Morgan fingerprint density at radius 2 is 2.12 bits per heavy atom. The highest BCUT2D eigenvalue weighted by Gasteiger charge is 1.96. The smallest absolute Gasteiger partial charge is 0.180 e. The summed E-state index contributed by atoms with van der Waals surface area (Å²) in [4.78, 5) is 0. The van der Waals surface area contributed by atoms with Crippen LogP contribution >= 0.6 is 35.7 Å². The molecule has 16 heavy (non-hydrogen) atoms. The van der Waals surface area contributed by atoms with Crippen molar-refractivity contribution < 1.29 is 4.74 Å². The average Bonchev–Trinajstić information content (AvgIpc) is 2.29. The van der Waals surface area contributed by atoms with Crippen molar-refractivity contribution in [3.05, 3.63) is 29.8 Å². The van der Waals surface area contributed by atoms with Crippen molar-refractivity contribution in [2.45, 2.75) is 0 Å². The SMILES string of the molecule is COc1ccccc1/C=N/N=C(N)SC.I. The first-order valence-electron chi connectivity index (χ1n) is 4.31. The number of ether oxygens (including phenoxy) is 1. The molecule has 0 aliphatic carbocycles. The minimum absolute atomic E-state index is 0. The first kappa shape index (κ1) is 15.2. The molecule has 2 N–H and O–H groups in total. The van der Waals surface area contributed by atoms with Gasteiger partial charge in [-0.05, 0) is 18.4 Å². The number of methoxy groups -OCH3 is 1. The van der Waals surface area contributed by atoms with Crippen LogP contribution in [0.4, 0.5) is 0 Å². The van der Waals surface area contributed by atoms with E-state index in [2.05, 4.69) is 10.2 Å². The second kappa shape index (κ2) is 8.40. The molecule has 1 rings (SSSR count). The fraction of sp³-hybridized carbons (Fsp3) is 0.200. The molecule has 0 radical (unpaired) electrons. The Morgan fingerprint density at radius 3 is 2.75 bits per heavy atom. The number of thioether (sulfide) groups is 1. The van der Waals surface area contributed by atoms with Crippen LogP contribution in [0.25, 0.3) is 0 Å². The monoisotopic (exact) mass is 351 g/mol. The van der Waals surface area contributed by atoms with E-state index in [1.165, 1.54) is 11.8 Å². The zero-order chi connectivity index (χ0) is 11.1. The van der Waals surface area contributed by atoms with E-state index in [0.717, 1.165) is 11.3 Å². The van der Waals surface area contributed by atoms with Gasteiger partial charge in [0, 0.05) is 5.56 Å². The maximum absolute atomic E-state index is 5.48. The molecule has 0 aromatic heterocycles. The summed E-state index contributed by atoms with van der Waals surface area (Å²) in [6, 6.07) is 7.57. The standard InChI is InChI=1S/C10H13N3OS.HI/c1-14-9-6-4-3-5-8(9)7-12-13-10(11)15-2;/h3-7H,1-2H3,(H2,11,13);1H/b12-7+;. The highest BCUT2D eigenvalue weighted by molar-refractivity contribution is 14.0. The predicted octanol–water partition coefficient (Wildman–Crippen LogP) is 2.32. The van der Waals surface area contributed by atoms with Gasteiger partial charge in [-0.3, -0.25) is 0 Å². The van der Waals surface area contributed by atoms with Crippen LogP contribution in [0.1, 0.15) is 5.56 Å². The largest absolute Gasteiger partial charge is 0.496 e. The Labute approximate surface area is 116 Å². The number of rotatable bonds is 3. The number of para-hydroxylation sites is 1. The molecule has 0 saturated heterocycles. The van der Waals surface area contributed by atoms with Crippen molar-refractivity contribution in [2.75, 3.05) is 13.4 Å². The van der Waals surface area contributed by atoms with Crippen LogP contribution in [0, 0.1) is 0 Å². The first-order valence-corrected chi connectivity index (χ1v) is 5.54. The van der Waals surface area contributed by atoms with Crippen LogP contribution in [-0.2, 0) is 0 Å². The number of halogens is 1. The van der Waals surface area contributed by atoms with Crippen molar-refractivity contribution in [1.82, 2.24) is 0 Å². The summed E-state index contributed by atoms with van der Waals surface area (Å²) < 4.78 is 5.15. The second-order valence-corrected chi connectivity index (χ2v) is 3.46. The third-order valence-corrected chi connectivity index (χ3v) is 2.20. The van der Waals surface area contributed by atoms with Gasteiger partial charge in [-0.1, -0.05) is 23.9 Å². The Balaban J connectivity index is 0.00000225. The van der Waals surface area contributed by atoms with Crippen molar-refractivity contribution in [1.29, 1.82) is 0 Å². The molecule has 0 heterocycles. The molecule has 0 fully saturated rings. The lowest BCUT2D eigenvalue weighted by molar-refractivity contribution is 0.414. The lowest BCUT2D eigenvalue weighted by Crippen LogP contribution is -2.04. The molecular weight excluding hydrogens is 337 g/mol. The molecule has 4 nitrogen and oxygen atoms in total. The lowest BCUT2D eigenvalue weighted by Gasteiger charge is -2.01. The highest BCUT2D eigenvalue weighted by atomic mass is 127. The van der Waals surface area contributed by atoms with E-state index in [1.54, 1.807) is 13.3 Å². The summed E-state index contributed by atoms with van der Waals surface area (Å²) in [5.74, 6) is 0.763. The maximum Gasteiger partial charge on any atom is 0.180 e. The molecule has 0 spiro atoms. The number of amidine groups is 1. The molecule has 0 amide bonds. The van der Waals surface area contributed by atoms with E-state index in [0.29, 0.717) is 5.17 Å². The third-order valence-electron chi connectivity index (χ3n) is 1.70. The third kappa shape index (κ3) is 4.84. The summed E-state index contributed by atoms with van der Waals surface area (Å²) in [5, 5.41) is 8.07. The molecule has 0 aliphatic rings. The predicted molar refractivity (Wildman–Crippen MR) is 81.1 cm³/mol. The Kier molecular flexibility index (Phi) is 8.00. The fourth-order valence-electron chi connectivity index (χ4n) is 0.962. The summed E-state index contributed by atoms with van der Waals surface area (Å²) in [6.45, 7) is 0. The zero-order valence-electron chi connectivity index (χ0n) is 9.08. The Morgan fingerprint density at radius 1 is 1.44 bits per heavy atom. The summed E-state index contributed by atoms with van der Waals surface area (Å²) in [7, 11) is 1.62. The number of benzene rings is 1. The van der Waals surface area contributed by atoms with Gasteiger partial charge >= 0.3 is 0 Å². The molecule has 1 aromatic carbocycles. The van der Waals surface area contributed by atoms with Gasteiger partial charge in [-0.25, -0.2) is 0 Å². The molecule has 0 aliphatic heterocycles. The van der Waals surface area contributed by atoms with E-state index >= 15 is 0 Å². The summed E-state index contributed by atoms with van der Waals surface area (Å²) in [6.07, 6.45) is 3.46. The molecule has 88 valence electrons. The maximum atomic E-state index is 5.48. The van der Waals surface area contributed by atoms with Gasteiger partial charge < -0.3 is 10.5 Å². The number of nitrogens with zero attached hydrogens (tertiary/aromatic N) is 2. The van der Waals surface area contributed by atoms with Gasteiger partial charge in [0.25, 0.3) is 0 Å². The van der Waals surface area contributed by atoms with Crippen LogP contribution in [0.15, 0.2) is 34.5 Å². The summed E-state index contributed by atoms with van der Waals surface area (Å²) in [5.41, 5.74) is 6.35. The van der Waals surface area contributed by atoms with E-state index in [4.69, 9.17) is 10.5 Å². The van der Waals surface area contributed by atoms with Crippen LogP contribution < -0.4 is 10.5 Å². The first-order chi connectivity index (χ1) is 7.27. The van der Waals surface area contributed by atoms with Crippen molar-refractivity contribution in [3.8, 4) is 5.75 Å². The molecule has 0 saturated carbocycles. The topological polar surface area (TPSA) is 60.0 Å². The van der Waals surface area contributed by atoms with Crippen LogP contribution in [0.2, 0.25) is 0 Å². The number of hydrogen-bond donors (Lipinski definition) is 1. The molecule has 1 aromatic rings. The Bertz CT molecular complexity index is 382. The fourth-order valence-corrected chi connectivity index (χ4v) is 1.09. The lowest BCUT2D eigenvalue weighted by atomic mass is 10.2. The van der Waals surface area contributed by atoms with Gasteiger partial charge in [0.1, 0.15) is 5.75 Å². The van der Waals surface area contributed by atoms with E-state index in [9.17, 15) is 0 Å². The summed E-state index contributed by atoms with van der Waals surface area (Å²) >= 11 is 1.35. The molecule has 6 heteroatoms. The quantitative estimate of drug-likeness (QED) is 0.394. The van der Waals surface area contributed by atoms with Crippen molar-refractivity contribution in [3.63, 3.8) is 0 Å². The van der Waals surface area contributed by atoms with Gasteiger partial charge in [-0.15, -0.1) is 29.1 Å².